The predicted octanol–water partition coefficient (Wildman–Crippen LogP) is 2.19. The molecular formula is C11H12N2O2S. The highest BCUT2D eigenvalue weighted by atomic mass is 32.1. The lowest BCUT2D eigenvalue weighted by Gasteiger charge is -2.01. The average molecular weight is 236 g/mol. The Bertz CT molecular complexity index is 502. The van der Waals surface area contributed by atoms with E-state index in [4.69, 9.17) is 5.11 Å². The number of nitrogens with zero attached hydrogens (tertiary/aromatic N) is 2. The first kappa shape index (κ1) is 10.9. The van der Waals surface area contributed by atoms with Crippen molar-refractivity contribution in [2.45, 2.75) is 19.9 Å². The van der Waals surface area contributed by atoms with Crippen molar-refractivity contribution < 1.29 is 9.90 Å². The average Bonchev–Trinajstić information content (AvgIpc) is 2.83. The molecule has 84 valence electrons. The minimum absolute atomic E-state index is 0.334. The fourth-order valence-electron chi connectivity index (χ4n) is 1.50. The number of aryl methyl sites for hydroxylation is 3. The Hall–Kier alpha value is -1.62. The summed E-state index contributed by atoms with van der Waals surface area (Å²) in [5.74, 6) is -0.882. The minimum atomic E-state index is -0.882. The summed E-state index contributed by atoms with van der Waals surface area (Å²) in [6.45, 7) is 2.78. The zero-order valence-corrected chi connectivity index (χ0v) is 9.70. The van der Waals surface area contributed by atoms with Gasteiger partial charge in [0.25, 0.3) is 0 Å². The molecule has 2 heterocycles. The molecule has 4 nitrogen and oxygen atoms in total. The molecule has 0 saturated heterocycles. The molecule has 0 amide bonds. The van der Waals surface area contributed by atoms with Crippen LogP contribution >= 0.6 is 11.3 Å². The highest BCUT2D eigenvalue weighted by Gasteiger charge is 2.05. The maximum absolute atomic E-state index is 10.7. The summed E-state index contributed by atoms with van der Waals surface area (Å²) in [4.78, 5) is 16.1. The summed E-state index contributed by atoms with van der Waals surface area (Å²) in [7, 11) is 0. The molecule has 0 aromatic carbocycles. The Morgan fingerprint density at radius 2 is 2.44 bits per heavy atom. The molecule has 0 aliphatic carbocycles. The summed E-state index contributed by atoms with van der Waals surface area (Å²) in [6, 6.07) is 1.61. The molecule has 5 heteroatoms. The number of carboxylic acids is 1. The Morgan fingerprint density at radius 1 is 1.62 bits per heavy atom. The second-order valence-electron chi connectivity index (χ2n) is 3.55. The van der Waals surface area contributed by atoms with E-state index in [1.165, 1.54) is 4.88 Å². The number of rotatable bonds is 4. The van der Waals surface area contributed by atoms with Crippen molar-refractivity contribution in [3.05, 3.63) is 40.1 Å². The summed E-state index contributed by atoms with van der Waals surface area (Å²) in [5, 5.41) is 8.77. The summed E-state index contributed by atoms with van der Waals surface area (Å²) in [5.41, 5.74) is 3.24. The minimum Gasteiger partial charge on any atom is -0.478 e. The molecule has 0 spiro atoms. The molecule has 2 aromatic rings. The van der Waals surface area contributed by atoms with Crippen LogP contribution in [0.4, 0.5) is 0 Å². The zero-order chi connectivity index (χ0) is 11.5. The quantitative estimate of drug-likeness (QED) is 0.885. The van der Waals surface area contributed by atoms with Gasteiger partial charge in [-0.2, -0.15) is 0 Å². The number of carbonyl (C=O) groups is 1. The lowest BCUT2D eigenvalue weighted by Crippen LogP contribution is -1.99. The van der Waals surface area contributed by atoms with Crippen LogP contribution in [0, 0.1) is 6.92 Å². The highest BCUT2D eigenvalue weighted by Crippen LogP contribution is 2.14. The van der Waals surface area contributed by atoms with Gasteiger partial charge in [0, 0.05) is 30.2 Å². The molecule has 0 radical (unpaired) electrons. The van der Waals surface area contributed by atoms with E-state index in [2.05, 4.69) is 4.98 Å². The van der Waals surface area contributed by atoms with E-state index in [1.54, 1.807) is 29.8 Å². The molecule has 0 atom stereocenters. The zero-order valence-electron chi connectivity index (χ0n) is 8.88. The highest BCUT2D eigenvalue weighted by molar-refractivity contribution is 7.09. The SMILES string of the molecule is Cc1ncsc1CCn1ccc(C(=O)O)c1. The van der Waals surface area contributed by atoms with Crippen LogP contribution in [0.1, 0.15) is 20.9 Å². The van der Waals surface area contributed by atoms with Crippen LogP contribution in [-0.4, -0.2) is 20.6 Å². The Labute approximate surface area is 97.2 Å². The van der Waals surface area contributed by atoms with Gasteiger partial charge in [0.15, 0.2) is 0 Å². The van der Waals surface area contributed by atoms with Crippen LogP contribution in [0.15, 0.2) is 24.0 Å². The first-order valence-corrected chi connectivity index (χ1v) is 5.83. The molecular weight excluding hydrogens is 224 g/mol. The Morgan fingerprint density at radius 3 is 3.00 bits per heavy atom. The number of carboxylic acid groups (broad SMARTS) is 1. The molecule has 2 rings (SSSR count). The van der Waals surface area contributed by atoms with Crippen LogP contribution in [0.3, 0.4) is 0 Å². The molecule has 0 aliphatic heterocycles. The third-order valence-electron chi connectivity index (χ3n) is 2.44. The van der Waals surface area contributed by atoms with Gasteiger partial charge >= 0.3 is 5.97 Å². The van der Waals surface area contributed by atoms with Gasteiger partial charge in [-0.05, 0) is 13.0 Å². The summed E-state index contributed by atoms with van der Waals surface area (Å²) in [6.07, 6.45) is 4.34. The van der Waals surface area contributed by atoms with Crippen molar-refractivity contribution in [2.75, 3.05) is 0 Å². The van der Waals surface area contributed by atoms with Gasteiger partial charge in [-0.3, -0.25) is 0 Å². The number of hydrogen-bond donors (Lipinski definition) is 1. The molecule has 16 heavy (non-hydrogen) atoms. The number of aromatic carboxylic acids is 1. The fourth-order valence-corrected chi connectivity index (χ4v) is 2.27. The smallest absolute Gasteiger partial charge is 0.337 e. The molecule has 0 saturated carbocycles. The van der Waals surface area contributed by atoms with Gasteiger partial charge in [-0.25, -0.2) is 9.78 Å². The standard InChI is InChI=1S/C11H12N2O2S/c1-8-10(16-7-12-8)3-5-13-4-2-9(6-13)11(14)15/h2,4,6-7H,3,5H2,1H3,(H,14,15). The van der Waals surface area contributed by atoms with Crippen molar-refractivity contribution in [1.82, 2.24) is 9.55 Å². The number of thiazole rings is 1. The molecule has 0 fully saturated rings. The van der Waals surface area contributed by atoms with Gasteiger partial charge in [0.1, 0.15) is 0 Å². The van der Waals surface area contributed by atoms with E-state index in [0.717, 1.165) is 18.7 Å². The van der Waals surface area contributed by atoms with E-state index in [-0.39, 0.29) is 0 Å². The van der Waals surface area contributed by atoms with Gasteiger partial charge in [0.05, 0.1) is 16.8 Å². The third kappa shape index (κ3) is 2.30. The van der Waals surface area contributed by atoms with Crippen LogP contribution in [0.25, 0.3) is 0 Å². The van der Waals surface area contributed by atoms with Crippen molar-refractivity contribution >= 4 is 17.3 Å². The fraction of sp³-hybridized carbons (Fsp3) is 0.273. The molecule has 0 bridgehead atoms. The first-order valence-electron chi connectivity index (χ1n) is 4.95. The maximum Gasteiger partial charge on any atom is 0.337 e. The Kier molecular flexibility index (Phi) is 3.05. The normalized spacial score (nSPS) is 10.6. The number of hydrogen-bond acceptors (Lipinski definition) is 3. The third-order valence-corrected chi connectivity index (χ3v) is 3.43. The lowest BCUT2D eigenvalue weighted by atomic mass is 10.3. The molecule has 0 aliphatic rings. The van der Waals surface area contributed by atoms with Gasteiger partial charge in [0.2, 0.25) is 0 Å². The van der Waals surface area contributed by atoms with Crippen molar-refractivity contribution in [3.8, 4) is 0 Å². The Balaban J connectivity index is 2.00. The molecule has 0 unspecified atom stereocenters. The maximum atomic E-state index is 10.7. The first-order chi connectivity index (χ1) is 7.66. The van der Waals surface area contributed by atoms with Gasteiger partial charge in [-0.1, -0.05) is 0 Å². The van der Waals surface area contributed by atoms with E-state index in [9.17, 15) is 4.79 Å². The largest absolute Gasteiger partial charge is 0.478 e. The number of aromatic nitrogens is 2. The van der Waals surface area contributed by atoms with E-state index in [1.807, 2.05) is 17.0 Å². The lowest BCUT2D eigenvalue weighted by molar-refractivity contribution is 0.0697. The van der Waals surface area contributed by atoms with Crippen molar-refractivity contribution in [3.63, 3.8) is 0 Å². The van der Waals surface area contributed by atoms with E-state index >= 15 is 0 Å². The monoisotopic (exact) mass is 236 g/mol. The summed E-state index contributed by atoms with van der Waals surface area (Å²) < 4.78 is 1.89. The second kappa shape index (κ2) is 4.49. The van der Waals surface area contributed by atoms with E-state index in [0.29, 0.717) is 5.56 Å². The van der Waals surface area contributed by atoms with Crippen LogP contribution in [-0.2, 0) is 13.0 Å². The van der Waals surface area contributed by atoms with E-state index < -0.39 is 5.97 Å². The van der Waals surface area contributed by atoms with Crippen LogP contribution in [0.2, 0.25) is 0 Å². The van der Waals surface area contributed by atoms with Gasteiger partial charge in [-0.15, -0.1) is 11.3 Å². The van der Waals surface area contributed by atoms with Crippen molar-refractivity contribution in [2.24, 2.45) is 0 Å². The molecule has 2 aromatic heterocycles. The van der Waals surface area contributed by atoms with Gasteiger partial charge < -0.3 is 9.67 Å². The topological polar surface area (TPSA) is 55.1 Å². The second-order valence-corrected chi connectivity index (χ2v) is 4.49. The summed E-state index contributed by atoms with van der Waals surface area (Å²) >= 11 is 1.64. The molecule has 1 N–H and O–H groups in total. The predicted molar refractivity (Wildman–Crippen MR) is 61.9 cm³/mol. The van der Waals surface area contributed by atoms with Crippen LogP contribution < -0.4 is 0 Å². The van der Waals surface area contributed by atoms with Crippen molar-refractivity contribution in [1.29, 1.82) is 0 Å². The van der Waals surface area contributed by atoms with Crippen LogP contribution in [0.5, 0.6) is 0 Å².